The van der Waals surface area contributed by atoms with E-state index in [-0.39, 0.29) is 0 Å². The SMILES string of the molecule is C[C@H]1CN(I)[C@@H](C)CC1N1CCN(C)CC1. The molecule has 0 aromatic rings. The molecule has 0 amide bonds. The Morgan fingerprint density at radius 3 is 2.31 bits per heavy atom. The van der Waals surface area contributed by atoms with Crippen LogP contribution in [0.25, 0.3) is 0 Å². The Kier molecular flexibility index (Phi) is 4.49. The van der Waals surface area contributed by atoms with Crippen LogP contribution in [0.15, 0.2) is 0 Å². The maximum atomic E-state index is 2.73. The first-order chi connectivity index (χ1) is 7.58. The number of piperazine rings is 1. The number of hydrogen-bond acceptors (Lipinski definition) is 3. The summed E-state index contributed by atoms with van der Waals surface area (Å²) in [5.41, 5.74) is 0. The summed E-state index contributed by atoms with van der Waals surface area (Å²) < 4.78 is 2.48. The van der Waals surface area contributed by atoms with Crippen molar-refractivity contribution in [2.24, 2.45) is 5.92 Å². The van der Waals surface area contributed by atoms with Crippen LogP contribution in [0.1, 0.15) is 20.3 Å². The summed E-state index contributed by atoms with van der Waals surface area (Å²) in [6.07, 6.45) is 1.34. The van der Waals surface area contributed by atoms with Gasteiger partial charge in [0.05, 0.1) is 0 Å². The second kappa shape index (κ2) is 5.50. The van der Waals surface area contributed by atoms with E-state index in [9.17, 15) is 0 Å². The second-order valence-corrected chi connectivity index (χ2v) is 6.79. The Hall–Kier alpha value is 0.610. The number of piperidine rings is 1. The summed E-state index contributed by atoms with van der Waals surface area (Å²) in [7, 11) is 2.23. The highest BCUT2D eigenvalue weighted by Gasteiger charge is 2.34. The molecule has 2 aliphatic heterocycles. The fourth-order valence-electron chi connectivity index (χ4n) is 2.94. The molecule has 2 saturated heterocycles. The van der Waals surface area contributed by atoms with Gasteiger partial charge in [-0.1, -0.05) is 6.92 Å². The van der Waals surface area contributed by atoms with Crippen molar-refractivity contribution in [1.29, 1.82) is 0 Å². The molecule has 0 spiro atoms. The summed E-state index contributed by atoms with van der Waals surface area (Å²) in [6, 6.07) is 1.55. The van der Waals surface area contributed by atoms with Crippen molar-refractivity contribution in [2.45, 2.75) is 32.4 Å². The minimum absolute atomic E-state index is 0.737. The standard InChI is InChI=1S/C12H24IN3/c1-10-9-16(13)11(2)8-12(10)15-6-4-14(3)5-7-15/h10-12H,4-9H2,1-3H3/t10-,11-,12?/m0/s1. The van der Waals surface area contributed by atoms with Gasteiger partial charge in [0.25, 0.3) is 0 Å². The van der Waals surface area contributed by atoms with Crippen molar-refractivity contribution < 1.29 is 0 Å². The summed E-state index contributed by atoms with van der Waals surface area (Å²) >= 11 is 2.49. The van der Waals surface area contributed by atoms with Gasteiger partial charge in [-0.15, -0.1) is 0 Å². The van der Waals surface area contributed by atoms with Crippen molar-refractivity contribution in [1.82, 2.24) is 12.9 Å². The van der Waals surface area contributed by atoms with Crippen LogP contribution in [0.4, 0.5) is 0 Å². The molecular weight excluding hydrogens is 313 g/mol. The van der Waals surface area contributed by atoms with Gasteiger partial charge in [0.2, 0.25) is 0 Å². The zero-order chi connectivity index (χ0) is 11.7. The number of rotatable bonds is 1. The van der Waals surface area contributed by atoms with Gasteiger partial charge in [-0.3, -0.25) is 4.90 Å². The lowest BCUT2D eigenvalue weighted by atomic mass is 9.89. The minimum atomic E-state index is 0.737. The predicted octanol–water partition coefficient (Wildman–Crippen LogP) is 1.68. The van der Waals surface area contributed by atoms with Crippen LogP contribution in [-0.2, 0) is 0 Å². The third kappa shape index (κ3) is 2.89. The minimum Gasteiger partial charge on any atom is -0.304 e. The fourth-order valence-corrected chi connectivity index (χ4v) is 3.78. The molecule has 0 aromatic carbocycles. The first-order valence-electron chi connectivity index (χ1n) is 6.43. The summed E-state index contributed by atoms with van der Waals surface area (Å²) in [6.45, 7) is 11.0. The highest BCUT2D eigenvalue weighted by molar-refractivity contribution is 14.1. The molecule has 3 nitrogen and oxygen atoms in total. The molecular formula is C12H24IN3. The molecule has 2 rings (SSSR count). The number of hydrogen-bond donors (Lipinski definition) is 0. The molecule has 16 heavy (non-hydrogen) atoms. The zero-order valence-electron chi connectivity index (χ0n) is 10.7. The molecule has 1 unspecified atom stereocenters. The van der Waals surface area contributed by atoms with Gasteiger partial charge in [-0.25, -0.2) is 3.11 Å². The molecule has 0 radical (unpaired) electrons. The van der Waals surface area contributed by atoms with Crippen LogP contribution in [0.3, 0.4) is 0 Å². The monoisotopic (exact) mass is 337 g/mol. The first kappa shape index (κ1) is 13.1. The van der Waals surface area contributed by atoms with Gasteiger partial charge in [-0.2, -0.15) is 0 Å². The Labute approximate surface area is 114 Å². The molecule has 0 bridgehead atoms. The molecule has 0 N–H and O–H groups in total. The molecule has 2 fully saturated rings. The summed E-state index contributed by atoms with van der Waals surface area (Å²) in [4.78, 5) is 5.17. The van der Waals surface area contributed by atoms with Crippen LogP contribution in [-0.4, -0.2) is 64.8 Å². The number of nitrogens with zero attached hydrogens (tertiary/aromatic N) is 3. The average Bonchev–Trinajstić information content (AvgIpc) is 2.25. The van der Waals surface area contributed by atoms with E-state index in [0.717, 1.165) is 18.0 Å². The maximum Gasteiger partial charge on any atom is 0.0204 e. The Balaban J connectivity index is 1.93. The number of likely N-dealkylation sites (N-methyl/N-ethyl adjacent to an activating group) is 1. The molecule has 3 atom stereocenters. The van der Waals surface area contributed by atoms with E-state index < -0.39 is 0 Å². The average molecular weight is 337 g/mol. The van der Waals surface area contributed by atoms with Crippen LogP contribution in [0.5, 0.6) is 0 Å². The second-order valence-electron chi connectivity index (χ2n) is 5.55. The van der Waals surface area contributed by atoms with Crippen molar-refractivity contribution in [3.8, 4) is 0 Å². The highest BCUT2D eigenvalue weighted by atomic mass is 127. The molecule has 2 heterocycles. The van der Waals surface area contributed by atoms with Crippen LogP contribution in [0, 0.1) is 5.92 Å². The third-order valence-corrected chi connectivity index (χ3v) is 5.53. The van der Waals surface area contributed by atoms with E-state index in [1.807, 2.05) is 0 Å². The first-order valence-corrected chi connectivity index (χ1v) is 7.39. The van der Waals surface area contributed by atoms with Gasteiger partial charge < -0.3 is 4.90 Å². The smallest absolute Gasteiger partial charge is 0.0204 e. The topological polar surface area (TPSA) is 9.72 Å². The van der Waals surface area contributed by atoms with Crippen LogP contribution >= 0.6 is 22.9 Å². The molecule has 2 aliphatic rings. The quantitative estimate of drug-likeness (QED) is 0.533. The van der Waals surface area contributed by atoms with E-state index >= 15 is 0 Å². The molecule has 0 saturated carbocycles. The fraction of sp³-hybridized carbons (Fsp3) is 1.00. The van der Waals surface area contributed by atoms with E-state index in [2.05, 4.69) is 56.7 Å². The van der Waals surface area contributed by atoms with E-state index in [1.54, 1.807) is 0 Å². The van der Waals surface area contributed by atoms with Crippen molar-refractivity contribution >= 4 is 22.9 Å². The van der Waals surface area contributed by atoms with Gasteiger partial charge in [0.1, 0.15) is 0 Å². The van der Waals surface area contributed by atoms with Gasteiger partial charge >= 0.3 is 0 Å². The molecule has 0 aliphatic carbocycles. The largest absolute Gasteiger partial charge is 0.304 e. The van der Waals surface area contributed by atoms with E-state index in [1.165, 1.54) is 39.1 Å². The Morgan fingerprint density at radius 2 is 1.69 bits per heavy atom. The van der Waals surface area contributed by atoms with Crippen molar-refractivity contribution in [3.05, 3.63) is 0 Å². The van der Waals surface area contributed by atoms with Crippen molar-refractivity contribution in [3.63, 3.8) is 0 Å². The highest BCUT2D eigenvalue weighted by Crippen LogP contribution is 2.29. The lowest BCUT2D eigenvalue weighted by Crippen LogP contribution is -2.56. The van der Waals surface area contributed by atoms with E-state index in [4.69, 9.17) is 0 Å². The number of halogens is 1. The van der Waals surface area contributed by atoms with Crippen LogP contribution < -0.4 is 0 Å². The lowest BCUT2D eigenvalue weighted by molar-refractivity contribution is 0.0448. The predicted molar refractivity (Wildman–Crippen MR) is 76.8 cm³/mol. The Bertz CT molecular complexity index is 228. The normalized spacial score (nSPS) is 40.1. The van der Waals surface area contributed by atoms with Crippen LogP contribution in [0.2, 0.25) is 0 Å². The summed E-state index contributed by atoms with van der Waals surface area (Å²) in [5.74, 6) is 0.816. The van der Waals surface area contributed by atoms with Gasteiger partial charge in [0, 0.05) is 67.7 Å². The summed E-state index contributed by atoms with van der Waals surface area (Å²) in [5, 5.41) is 0. The van der Waals surface area contributed by atoms with Gasteiger partial charge in [0.15, 0.2) is 0 Å². The molecule has 4 heteroatoms. The maximum absolute atomic E-state index is 2.73. The Morgan fingerprint density at radius 1 is 1.06 bits per heavy atom. The zero-order valence-corrected chi connectivity index (χ0v) is 12.9. The molecule has 0 aromatic heterocycles. The van der Waals surface area contributed by atoms with Gasteiger partial charge in [-0.05, 0) is 26.3 Å². The van der Waals surface area contributed by atoms with E-state index in [0.29, 0.717) is 0 Å². The molecule has 94 valence electrons. The third-order valence-electron chi connectivity index (χ3n) is 4.19. The van der Waals surface area contributed by atoms with Crippen molar-refractivity contribution in [2.75, 3.05) is 39.8 Å². The lowest BCUT2D eigenvalue weighted by Gasteiger charge is -2.46.